The Bertz CT molecular complexity index is 1180. The minimum Gasteiger partial charge on any atom is -0.374 e. The largest absolute Gasteiger partial charge is 0.374 e. The number of piperazine rings is 1. The van der Waals surface area contributed by atoms with Crippen LogP contribution in [0.4, 0.5) is 18.9 Å². The summed E-state index contributed by atoms with van der Waals surface area (Å²) in [7, 11) is 0. The Morgan fingerprint density at radius 1 is 1.18 bits per heavy atom. The summed E-state index contributed by atoms with van der Waals surface area (Å²) in [6.45, 7) is 8.53. The standard InChI is InChI=1S/C29H38F3N5O2/c1-20-14-36(24(13-33-20)15-35-8-9-39-19-29(31,32)18-35)16-26(38)37-17-28(2,3)27-25(37)11-22(12-34-27)10-21-4-6-23(30)7-5-21/h4-7,11-12,20,24,33H,8-10,13-19H2,1-3H3/t20-,24-/m1/s1. The number of carbonyl (C=O) groups is 1. The van der Waals surface area contributed by atoms with Crippen molar-refractivity contribution in [1.29, 1.82) is 0 Å². The summed E-state index contributed by atoms with van der Waals surface area (Å²) in [5.41, 5.74) is 3.32. The summed E-state index contributed by atoms with van der Waals surface area (Å²) in [6.07, 6.45) is 2.43. The molecule has 1 N–H and O–H groups in total. The molecule has 4 heterocycles. The first-order valence-electron chi connectivity index (χ1n) is 13.7. The van der Waals surface area contributed by atoms with E-state index in [0.717, 1.165) is 22.5 Å². The van der Waals surface area contributed by atoms with Crippen LogP contribution in [0.15, 0.2) is 36.5 Å². The minimum absolute atomic E-state index is 0.0220. The Balaban J connectivity index is 1.32. The number of carbonyl (C=O) groups excluding carboxylic acids is 1. The highest BCUT2D eigenvalue weighted by Gasteiger charge is 2.41. The van der Waals surface area contributed by atoms with Gasteiger partial charge in [-0.1, -0.05) is 26.0 Å². The van der Waals surface area contributed by atoms with E-state index in [4.69, 9.17) is 9.72 Å². The zero-order valence-corrected chi connectivity index (χ0v) is 22.9. The lowest BCUT2D eigenvalue weighted by molar-refractivity contribution is -0.121. The van der Waals surface area contributed by atoms with Gasteiger partial charge in [-0.05, 0) is 42.7 Å². The van der Waals surface area contributed by atoms with Crippen molar-refractivity contribution in [2.24, 2.45) is 0 Å². The molecule has 2 fully saturated rings. The number of pyridine rings is 1. The van der Waals surface area contributed by atoms with Gasteiger partial charge in [0.2, 0.25) is 5.91 Å². The Labute approximate surface area is 228 Å². The number of benzene rings is 1. The summed E-state index contributed by atoms with van der Waals surface area (Å²) in [6, 6.07) is 8.54. The van der Waals surface area contributed by atoms with Crippen molar-refractivity contribution in [3.63, 3.8) is 0 Å². The molecule has 3 aliphatic rings. The molecular weight excluding hydrogens is 507 g/mol. The maximum atomic E-state index is 14.2. The monoisotopic (exact) mass is 545 g/mol. The number of rotatable bonds is 6. The van der Waals surface area contributed by atoms with Gasteiger partial charge in [0.1, 0.15) is 12.4 Å². The Hall–Kier alpha value is -2.53. The van der Waals surface area contributed by atoms with Gasteiger partial charge in [0.15, 0.2) is 0 Å². The number of aromatic nitrogens is 1. The van der Waals surface area contributed by atoms with Crippen LogP contribution >= 0.6 is 0 Å². The fourth-order valence-electron chi connectivity index (χ4n) is 5.92. The average Bonchev–Trinajstić information content (AvgIpc) is 3.02. The predicted molar refractivity (Wildman–Crippen MR) is 144 cm³/mol. The fourth-order valence-corrected chi connectivity index (χ4v) is 5.92. The number of amides is 1. The number of hydrogen-bond donors (Lipinski definition) is 1. The molecule has 39 heavy (non-hydrogen) atoms. The molecule has 0 spiro atoms. The van der Waals surface area contributed by atoms with Crippen molar-refractivity contribution >= 4 is 11.6 Å². The molecule has 0 bridgehead atoms. The summed E-state index contributed by atoms with van der Waals surface area (Å²) < 4.78 is 46.8. The van der Waals surface area contributed by atoms with Crippen molar-refractivity contribution in [3.8, 4) is 0 Å². The summed E-state index contributed by atoms with van der Waals surface area (Å²) in [4.78, 5) is 24.3. The number of hydrogen-bond acceptors (Lipinski definition) is 6. The van der Waals surface area contributed by atoms with E-state index in [1.54, 1.807) is 17.0 Å². The van der Waals surface area contributed by atoms with Crippen molar-refractivity contribution < 1.29 is 22.7 Å². The summed E-state index contributed by atoms with van der Waals surface area (Å²) in [5, 5.41) is 3.45. The highest BCUT2D eigenvalue weighted by atomic mass is 19.3. The van der Waals surface area contributed by atoms with Gasteiger partial charge in [0.25, 0.3) is 5.92 Å². The number of alkyl halides is 2. The zero-order chi connectivity index (χ0) is 27.8. The van der Waals surface area contributed by atoms with Gasteiger partial charge in [-0.15, -0.1) is 0 Å². The highest BCUT2D eigenvalue weighted by Crippen LogP contribution is 2.39. The number of fused-ring (bicyclic) bond motifs is 1. The SMILES string of the molecule is C[C@@H]1CN(CC(=O)N2CC(C)(C)c3ncc(Cc4ccc(F)cc4)cc32)[C@@H](CN2CCOCC(F)(F)C2)CN1. The maximum absolute atomic E-state index is 14.2. The Morgan fingerprint density at radius 3 is 2.72 bits per heavy atom. The molecule has 3 aliphatic heterocycles. The summed E-state index contributed by atoms with van der Waals surface area (Å²) in [5.74, 6) is -3.18. The lowest BCUT2D eigenvalue weighted by Crippen LogP contribution is -2.61. The smallest absolute Gasteiger partial charge is 0.283 e. The predicted octanol–water partition coefficient (Wildman–Crippen LogP) is 3.07. The molecule has 2 saturated heterocycles. The van der Waals surface area contributed by atoms with Crippen LogP contribution in [0.5, 0.6) is 0 Å². The van der Waals surface area contributed by atoms with Gasteiger partial charge in [-0.25, -0.2) is 13.2 Å². The van der Waals surface area contributed by atoms with Crippen LogP contribution in [0, 0.1) is 5.82 Å². The first-order chi connectivity index (χ1) is 18.5. The molecule has 1 aromatic heterocycles. The van der Waals surface area contributed by atoms with E-state index in [1.165, 1.54) is 12.1 Å². The van der Waals surface area contributed by atoms with E-state index >= 15 is 0 Å². The number of halogens is 3. The van der Waals surface area contributed by atoms with Crippen LogP contribution in [0.25, 0.3) is 0 Å². The molecular formula is C29H38F3N5O2. The van der Waals surface area contributed by atoms with E-state index in [1.807, 2.05) is 17.2 Å². The van der Waals surface area contributed by atoms with Gasteiger partial charge >= 0.3 is 0 Å². The molecule has 2 aromatic rings. The van der Waals surface area contributed by atoms with Crippen LogP contribution < -0.4 is 10.2 Å². The van der Waals surface area contributed by atoms with Gasteiger partial charge in [0.05, 0.1) is 31.1 Å². The molecule has 0 saturated carbocycles. The van der Waals surface area contributed by atoms with Crippen molar-refractivity contribution in [2.45, 2.75) is 50.6 Å². The van der Waals surface area contributed by atoms with Crippen molar-refractivity contribution in [3.05, 3.63) is 59.2 Å². The van der Waals surface area contributed by atoms with Gasteiger partial charge in [0, 0.05) is 56.4 Å². The normalized spacial score (nSPS) is 25.3. The molecule has 2 atom stereocenters. The molecule has 1 aromatic carbocycles. The molecule has 0 radical (unpaired) electrons. The summed E-state index contributed by atoms with van der Waals surface area (Å²) >= 11 is 0. The zero-order valence-electron chi connectivity index (χ0n) is 22.9. The molecule has 10 heteroatoms. The van der Waals surface area contributed by atoms with E-state index < -0.39 is 12.5 Å². The van der Waals surface area contributed by atoms with Crippen molar-refractivity contribution in [1.82, 2.24) is 20.1 Å². The second-order valence-electron chi connectivity index (χ2n) is 11.9. The number of nitrogens with zero attached hydrogens (tertiary/aromatic N) is 4. The van der Waals surface area contributed by atoms with Crippen LogP contribution in [0.3, 0.4) is 0 Å². The van der Waals surface area contributed by atoms with Crippen LogP contribution in [-0.4, -0.2) is 97.7 Å². The van der Waals surface area contributed by atoms with Crippen LogP contribution in [-0.2, 0) is 21.4 Å². The first kappa shape index (κ1) is 28.0. The van der Waals surface area contributed by atoms with Gasteiger partial charge in [-0.2, -0.15) is 0 Å². The molecule has 5 rings (SSSR count). The highest BCUT2D eigenvalue weighted by molar-refractivity contribution is 5.97. The van der Waals surface area contributed by atoms with E-state index in [9.17, 15) is 18.0 Å². The average molecular weight is 546 g/mol. The van der Waals surface area contributed by atoms with Gasteiger partial charge < -0.3 is 15.0 Å². The van der Waals surface area contributed by atoms with Gasteiger partial charge in [-0.3, -0.25) is 19.6 Å². The fraction of sp³-hybridized carbons (Fsp3) is 0.586. The minimum atomic E-state index is -2.88. The second kappa shape index (κ2) is 11.2. The third-order valence-electron chi connectivity index (χ3n) is 7.89. The van der Waals surface area contributed by atoms with E-state index in [2.05, 4.69) is 31.0 Å². The van der Waals surface area contributed by atoms with Crippen LogP contribution in [0.2, 0.25) is 0 Å². The number of anilines is 1. The van der Waals surface area contributed by atoms with Crippen molar-refractivity contribution in [2.75, 3.05) is 63.9 Å². The quantitative estimate of drug-likeness (QED) is 0.602. The number of nitrogens with one attached hydrogen (secondary N) is 1. The maximum Gasteiger partial charge on any atom is 0.283 e. The van der Waals surface area contributed by atoms with Crippen LogP contribution in [0.1, 0.15) is 37.6 Å². The molecule has 1 amide bonds. The third kappa shape index (κ3) is 6.62. The number of ether oxygens (including phenoxy) is 1. The molecule has 0 unspecified atom stereocenters. The Morgan fingerprint density at radius 2 is 1.95 bits per heavy atom. The lowest BCUT2D eigenvalue weighted by atomic mass is 9.91. The molecule has 212 valence electrons. The first-order valence-corrected chi connectivity index (χ1v) is 13.7. The van der Waals surface area contributed by atoms with E-state index in [0.29, 0.717) is 39.1 Å². The lowest BCUT2D eigenvalue weighted by Gasteiger charge is -2.41. The second-order valence-corrected chi connectivity index (χ2v) is 11.9. The van der Waals surface area contributed by atoms with E-state index in [-0.39, 0.29) is 48.9 Å². The molecule has 0 aliphatic carbocycles. The topological polar surface area (TPSA) is 60.9 Å². The molecule has 7 nitrogen and oxygen atoms in total. The third-order valence-corrected chi connectivity index (χ3v) is 7.89. The Kier molecular flexibility index (Phi) is 8.01.